The number of carbonyl (C=O) groups is 4. The van der Waals surface area contributed by atoms with E-state index in [1.165, 1.54) is 116 Å². The van der Waals surface area contributed by atoms with E-state index in [9.17, 15) is 43.2 Å². The van der Waals surface area contributed by atoms with Crippen molar-refractivity contribution in [2.45, 2.75) is 341 Å². The molecule has 0 aliphatic carbocycles. The quantitative estimate of drug-likeness (QED) is 0.0169. The first kappa shape index (κ1) is 88.8. The molecule has 0 radical (unpaired) electrons. The fourth-order valence-corrected chi connectivity index (χ4v) is 11.5. The smallest absolute Gasteiger partial charge is 0.462 e. The van der Waals surface area contributed by atoms with Crippen LogP contribution in [0.25, 0.3) is 0 Å². The van der Waals surface area contributed by atoms with Crippen molar-refractivity contribution in [2.24, 2.45) is 0 Å². The Labute approximate surface area is 559 Å². The molecule has 17 nitrogen and oxygen atoms in total. The molecule has 0 aromatic heterocycles. The van der Waals surface area contributed by atoms with Gasteiger partial charge in [0.1, 0.15) is 19.3 Å². The molecule has 92 heavy (non-hydrogen) atoms. The van der Waals surface area contributed by atoms with Gasteiger partial charge < -0.3 is 33.8 Å². The molecular weight excluding hydrogens is 1210 g/mol. The average molecular weight is 1340 g/mol. The molecule has 0 heterocycles. The highest BCUT2D eigenvalue weighted by Crippen LogP contribution is 2.45. The van der Waals surface area contributed by atoms with E-state index in [2.05, 4.69) is 88.5 Å². The van der Waals surface area contributed by atoms with Crippen LogP contribution < -0.4 is 0 Å². The zero-order chi connectivity index (χ0) is 67.5. The third-order valence-corrected chi connectivity index (χ3v) is 17.4. The SMILES string of the molecule is CC/C=C\C/C=C\C/C=C\C/C=C\CCCCC(=O)OCC(COP(=O)(O)OCC(O)COP(=O)(O)OCC(COC(=O)CCCCCCC/C=C\CCCC)OC(=O)CCCCCCCCCCCCC)OC(=O)CCCCCCCCCCCCCCCCC. The van der Waals surface area contributed by atoms with Crippen molar-refractivity contribution in [3.05, 3.63) is 60.8 Å². The van der Waals surface area contributed by atoms with Gasteiger partial charge in [-0.25, -0.2) is 9.13 Å². The number of esters is 4. The topological polar surface area (TPSA) is 237 Å². The first-order chi connectivity index (χ1) is 44.7. The van der Waals surface area contributed by atoms with Crippen LogP contribution in [0.4, 0.5) is 0 Å². The van der Waals surface area contributed by atoms with E-state index in [1.807, 2.05) is 0 Å². The van der Waals surface area contributed by atoms with E-state index in [0.29, 0.717) is 25.7 Å². The minimum Gasteiger partial charge on any atom is -0.462 e. The van der Waals surface area contributed by atoms with Crippen molar-refractivity contribution in [3.63, 3.8) is 0 Å². The highest BCUT2D eigenvalue weighted by atomic mass is 31.2. The van der Waals surface area contributed by atoms with Gasteiger partial charge in [-0.3, -0.25) is 37.3 Å². The van der Waals surface area contributed by atoms with E-state index in [1.54, 1.807) is 0 Å². The van der Waals surface area contributed by atoms with Crippen LogP contribution >= 0.6 is 15.6 Å². The maximum absolute atomic E-state index is 13.0. The third kappa shape index (κ3) is 65.4. The largest absolute Gasteiger partial charge is 0.472 e. The summed E-state index contributed by atoms with van der Waals surface area (Å²) in [7, 11) is -9.93. The van der Waals surface area contributed by atoms with Gasteiger partial charge in [0.25, 0.3) is 0 Å². The second kappa shape index (κ2) is 66.4. The number of unbranched alkanes of at least 4 members (excludes halogenated alkanes) is 33. The summed E-state index contributed by atoms with van der Waals surface area (Å²) in [5.41, 5.74) is 0. The molecule has 0 bridgehead atoms. The molecule has 0 aliphatic heterocycles. The molecule has 0 saturated heterocycles. The summed E-state index contributed by atoms with van der Waals surface area (Å²) < 4.78 is 68.2. The van der Waals surface area contributed by atoms with Crippen molar-refractivity contribution < 1.29 is 80.2 Å². The molecule has 0 aliphatic rings. The van der Waals surface area contributed by atoms with Crippen molar-refractivity contribution in [2.75, 3.05) is 39.6 Å². The average Bonchev–Trinajstić information content (AvgIpc) is 2.93. The molecule has 0 saturated carbocycles. The maximum atomic E-state index is 13.0. The van der Waals surface area contributed by atoms with Crippen LogP contribution in [0.1, 0.15) is 323 Å². The molecule has 3 N–H and O–H groups in total. The number of carbonyl (C=O) groups excluding carboxylic acids is 4. The Morgan fingerprint density at radius 1 is 0.315 bits per heavy atom. The van der Waals surface area contributed by atoms with Crippen molar-refractivity contribution in [1.82, 2.24) is 0 Å². The normalized spacial score (nSPS) is 14.4. The number of rotatable bonds is 69. The second-order valence-corrected chi connectivity index (χ2v) is 27.4. The van der Waals surface area contributed by atoms with Crippen LogP contribution in [-0.2, 0) is 65.4 Å². The van der Waals surface area contributed by atoms with Gasteiger partial charge in [-0.1, -0.05) is 275 Å². The fourth-order valence-electron chi connectivity index (χ4n) is 9.90. The van der Waals surface area contributed by atoms with Gasteiger partial charge in [0, 0.05) is 25.7 Å². The summed E-state index contributed by atoms with van der Waals surface area (Å²) >= 11 is 0. The summed E-state index contributed by atoms with van der Waals surface area (Å²) in [6.45, 7) is 4.69. The van der Waals surface area contributed by atoms with E-state index in [-0.39, 0.29) is 25.7 Å². The Balaban J connectivity index is 5.32. The van der Waals surface area contributed by atoms with Crippen LogP contribution in [0, 0.1) is 0 Å². The summed E-state index contributed by atoms with van der Waals surface area (Å²) in [6, 6.07) is 0. The molecule has 5 atom stereocenters. The molecule has 19 heteroatoms. The molecule has 0 amide bonds. The Morgan fingerprint density at radius 2 is 0.576 bits per heavy atom. The van der Waals surface area contributed by atoms with Gasteiger partial charge in [0.05, 0.1) is 26.4 Å². The van der Waals surface area contributed by atoms with Gasteiger partial charge in [-0.15, -0.1) is 0 Å². The van der Waals surface area contributed by atoms with Crippen molar-refractivity contribution in [3.8, 4) is 0 Å². The molecule has 0 fully saturated rings. The summed E-state index contributed by atoms with van der Waals surface area (Å²) in [5.74, 6) is -2.21. The Bertz CT molecular complexity index is 1990. The first-order valence-corrected chi connectivity index (χ1v) is 39.5. The zero-order valence-corrected chi connectivity index (χ0v) is 60.0. The molecule has 5 unspecified atom stereocenters. The number of aliphatic hydroxyl groups is 1. The zero-order valence-electron chi connectivity index (χ0n) is 58.2. The van der Waals surface area contributed by atoms with E-state index < -0.39 is 97.5 Å². The maximum Gasteiger partial charge on any atom is 0.472 e. The van der Waals surface area contributed by atoms with Crippen molar-refractivity contribution >= 4 is 39.5 Å². The molecule has 536 valence electrons. The first-order valence-electron chi connectivity index (χ1n) is 36.5. The molecular formula is C73H132O17P2. The lowest BCUT2D eigenvalue weighted by Gasteiger charge is -2.21. The van der Waals surface area contributed by atoms with Crippen LogP contribution in [0.2, 0.25) is 0 Å². The minimum atomic E-state index is -4.97. The predicted molar refractivity (Wildman–Crippen MR) is 372 cm³/mol. The van der Waals surface area contributed by atoms with E-state index in [4.69, 9.17) is 37.0 Å². The van der Waals surface area contributed by atoms with Gasteiger partial charge in [0.2, 0.25) is 0 Å². The van der Waals surface area contributed by atoms with Crippen LogP contribution in [-0.4, -0.2) is 96.7 Å². The number of phosphoric acid groups is 2. The third-order valence-electron chi connectivity index (χ3n) is 15.5. The molecule has 0 spiro atoms. The standard InChI is InChI=1S/C73H132O17P2/c1-5-9-13-17-21-25-29-31-33-35-39-42-46-50-54-58-71(76)84-64-69(90-73(78)60-56-52-48-44-40-36-34-32-30-26-22-18-14-10-6-2)66-88-92(81,82)86-62-67(74)61-85-91(79,80)87-65-68(89-72(77)59-55-51-47-43-38-28-24-20-16-12-8-4)63-83-70(75)57-53-49-45-41-37-27-23-19-15-11-7-3/h9,13,19,21,23,25,31,33,39,42,67-69,74H,5-8,10-12,14-18,20,22,24,26-30,32,34-38,40-41,43-66H2,1-4H3,(H,79,80)(H,81,82)/b13-9-,23-19-,25-21-,33-31-,42-39-. The highest BCUT2D eigenvalue weighted by Gasteiger charge is 2.30. The van der Waals surface area contributed by atoms with Crippen LogP contribution in [0.3, 0.4) is 0 Å². The van der Waals surface area contributed by atoms with Gasteiger partial charge in [-0.05, 0) is 83.5 Å². The molecule has 0 rings (SSSR count). The Morgan fingerprint density at radius 3 is 0.935 bits per heavy atom. The second-order valence-electron chi connectivity index (χ2n) is 24.5. The van der Waals surface area contributed by atoms with Crippen molar-refractivity contribution in [1.29, 1.82) is 0 Å². The number of phosphoric ester groups is 2. The fraction of sp³-hybridized carbons (Fsp3) is 0.808. The minimum absolute atomic E-state index is 0.0921. The van der Waals surface area contributed by atoms with Crippen LogP contribution in [0.5, 0.6) is 0 Å². The lowest BCUT2D eigenvalue weighted by atomic mass is 10.0. The van der Waals surface area contributed by atoms with Gasteiger partial charge >= 0.3 is 39.5 Å². The molecule has 0 aromatic rings. The predicted octanol–water partition coefficient (Wildman–Crippen LogP) is 20.3. The van der Waals surface area contributed by atoms with E-state index >= 15 is 0 Å². The lowest BCUT2D eigenvalue weighted by Crippen LogP contribution is -2.30. The van der Waals surface area contributed by atoms with Crippen LogP contribution in [0.15, 0.2) is 60.8 Å². The number of ether oxygens (including phenoxy) is 4. The number of aliphatic hydroxyl groups excluding tert-OH is 1. The number of hydrogen-bond acceptors (Lipinski definition) is 15. The lowest BCUT2D eigenvalue weighted by molar-refractivity contribution is -0.161. The summed E-state index contributed by atoms with van der Waals surface area (Å²) in [4.78, 5) is 72.6. The summed E-state index contributed by atoms with van der Waals surface area (Å²) in [6.07, 6.45) is 62.3. The Hall–Kier alpha value is -3.24. The highest BCUT2D eigenvalue weighted by molar-refractivity contribution is 7.47. The molecule has 0 aromatic carbocycles. The van der Waals surface area contributed by atoms with Gasteiger partial charge in [0.15, 0.2) is 12.2 Å². The number of allylic oxidation sites excluding steroid dienone is 10. The summed E-state index contributed by atoms with van der Waals surface area (Å²) in [5, 5.41) is 10.6. The number of hydrogen-bond donors (Lipinski definition) is 3. The van der Waals surface area contributed by atoms with Gasteiger partial charge in [-0.2, -0.15) is 0 Å². The van der Waals surface area contributed by atoms with E-state index in [0.717, 1.165) is 128 Å². The Kier molecular flexibility index (Phi) is 64.0. The monoisotopic (exact) mass is 1340 g/mol.